The molecule has 0 aliphatic carbocycles. The Labute approximate surface area is 172 Å². The van der Waals surface area contributed by atoms with Crippen LogP contribution in [0.15, 0.2) is 52.2 Å². The highest BCUT2D eigenvalue weighted by Gasteiger charge is 2.21. The van der Waals surface area contributed by atoms with Crippen LogP contribution >= 0.6 is 0 Å². The quantitative estimate of drug-likeness (QED) is 0.404. The van der Waals surface area contributed by atoms with Gasteiger partial charge in [-0.3, -0.25) is 14.6 Å². The molecule has 0 fully saturated rings. The van der Waals surface area contributed by atoms with Crippen molar-refractivity contribution in [2.75, 3.05) is 32.5 Å². The largest absolute Gasteiger partial charge is 0.447 e. The molecule has 3 aromatic heterocycles. The number of H-pyrrole nitrogens is 1. The topological polar surface area (TPSA) is 116 Å². The van der Waals surface area contributed by atoms with Crippen molar-refractivity contribution in [3.05, 3.63) is 59.1 Å². The van der Waals surface area contributed by atoms with Crippen LogP contribution in [0.5, 0.6) is 0 Å². The van der Waals surface area contributed by atoms with Crippen LogP contribution in [-0.4, -0.2) is 52.9 Å². The molecular weight excluding hydrogens is 384 g/mol. The molecule has 1 amide bonds. The van der Waals surface area contributed by atoms with Gasteiger partial charge in [-0.1, -0.05) is 0 Å². The molecule has 1 aromatic carbocycles. The molecule has 4 rings (SSSR count). The number of carbonyl (C=O) groups is 1. The number of amides is 1. The monoisotopic (exact) mass is 406 g/mol. The normalized spacial score (nSPS) is 11.3. The zero-order valence-corrected chi connectivity index (χ0v) is 16.7. The summed E-state index contributed by atoms with van der Waals surface area (Å²) in [7, 11) is 3.98. The van der Waals surface area contributed by atoms with Gasteiger partial charge in [-0.25, -0.2) is 4.98 Å². The summed E-state index contributed by atoms with van der Waals surface area (Å²) in [6.07, 6.45) is 5.41. The Hall–Kier alpha value is -3.72. The molecule has 9 heteroatoms. The zero-order valence-electron chi connectivity index (χ0n) is 16.7. The van der Waals surface area contributed by atoms with Gasteiger partial charge in [0.05, 0.1) is 29.1 Å². The fourth-order valence-corrected chi connectivity index (χ4v) is 3.20. The van der Waals surface area contributed by atoms with E-state index in [4.69, 9.17) is 4.42 Å². The number of anilines is 2. The lowest BCUT2D eigenvalue weighted by atomic mass is 10.2. The second-order valence-corrected chi connectivity index (χ2v) is 7.18. The Bertz CT molecular complexity index is 1260. The van der Waals surface area contributed by atoms with Crippen molar-refractivity contribution in [3.63, 3.8) is 0 Å². The van der Waals surface area contributed by atoms with E-state index < -0.39 is 0 Å². The van der Waals surface area contributed by atoms with Gasteiger partial charge < -0.3 is 24.9 Å². The third kappa shape index (κ3) is 4.01. The summed E-state index contributed by atoms with van der Waals surface area (Å²) in [5.74, 6) is -0.121. The molecule has 9 nitrogen and oxygen atoms in total. The van der Waals surface area contributed by atoms with E-state index in [2.05, 4.69) is 30.5 Å². The molecular formula is C21H22N6O3. The molecule has 0 atom stereocenters. The van der Waals surface area contributed by atoms with E-state index >= 15 is 0 Å². The number of fused-ring (bicyclic) bond motifs is 2. The van der Waals surface area contributed by atoms with Crippen molar-refractivity contribution < 1.29 is 9.21 Å². The van der Waals surface area contributed by atoms with Gasteiger partial charge in [-0.05, 0) is 51.3 Å². The van der Waals surface area contributed by atoms with Crippen LogP contribution in [-0.2, 0) is 0 Å². The first-order valence-electron chi connectivity index (χ1n) is 9.57. The first-order chi connectivity index (χ1) is 14.5. The Kier molecular flexibility index (Phi) is 5.44. The maximum absolute atomic E-state index is 12.8. The lowest BCUT2D eigenvalue weighted by molar-refractivity contribution is 0.0928. The molecule has 0 aliphatic heterocycles. The number of aromatic amines is 1. The summed E-state index contributed by atoms with van der Waals surface area (Å²) >= 11 is 0. The Morgan fingerprint density at radius 3 is 2.93 bits per heavy atom. The third-order valence-electron chi connectivity index (χ3n) is 4.68. The van der Waals surface area contributed by atoms with E-state index in [1.54, 1.807) is 36.7 Å². The van der Waals surface area contributed by atoms with Crippen LogP contribution in [0.4, 0.5) is 11.4 Å². The average molecular weight is 406 g/mol. The van der Waals surface area contributed by atoms with Gasteiger partial charge in [0.25, 0.3) is 11.5 Å². The first kappa shape index (κ1) is 19.6. The van der Waals surface area contributed by atoms with Gasteiger partial charge in [-0.15, -0.1) is 0 Å². The van der Waals surface area contributed by atoms with Crippen molar-refractivity contribution in [2.24, 2.45) is 0 Å². The van der Waals surface area contributed by atoms with E-state index in [0.717, 1.165) is 18.4 Å². The summed E-state index contributed by atoms with van der Waals surface area (Å²) < 4.78 is 5.80. The number of pyridine rings is 1. The molecule has 0 spiro atoms. The molecule has 4 aromatic rings. The van der Waals surface area contributed by atoms with Crippen molar-refractivity contribution in [3.8, 4) is 0 Å². The number of nitrogens with zero attached hydrogens (tertiary/aromatic N) is 3. The number of carbonyl (C=O) groups excluding carboxylic acids is 1. The Balaban J connectivity index is 1.65. The van der Waals surface area contributed by atoms with Crippen LogP contribution in [0.2, 0.25) is 0 Å². The SMILES string of the molecule is CN(C)CCCNC(=O)c1oc2cnccc2c1Nc1ccc2c(=O)[nH]cnc2c1. The minimum absolute atomic E-state index is 0.182. The van der Waals surface area contributed by atoms with Crippen molar-refractivity contribution in [1.82, 2.24) is 25.2 Å². The molecule has 0 bridgehead atoms. The van der Waals surface area contributed by atoms with Crippen LogP contribution < -0.4 is 16.2 Å². The molecule has 0 saturated carbocycles. The van der Waals surface area contributed by atoms with E-state index in [0.29, 0.717) is 34.4 Å². The number of hydrogen-bond acceptors (Lipinski definition) is 7. The summed E-state index contributed by atoms with van der Waals surface area (Å²) in [6, 6.07) is 6.99. The summed E-state index contributed by atoms with van der Waals surface area (Å²) in [5.41, 5.74) is 2.08. The van der Waals surface area contributed by atoms with E-state index in [1.165, 1.54) is 6.33 Å². The summed E-state index contributed by atoms with van der Waals surface area (Å²) in [5, 5.41) is 7.38. The van der Waals surface area contributed by atoms with Crippen molar-refractivity contribution in [1.29, 1.82) is 0 Å². The Morgan fingerprint density at radius 1 is 1.23 bits per heavy atom. The molecule has 154 valence electrons. The van der Waals surface area contributed by atoms with Gasteiger partial charge in [0, 0.05) is 23.8 Å². The fourth-order valence-electron chi connectivity index (χ4n) is 3.20. The highest BCUT2D eigenvalue weighted by molar-refractivity contribution is 6.07. The predicted octanol–water partition coefficient (Wildman–Crippen LogP) is 2.49. The molecule has 3 heterocycles. The van der Waals surface area contributed by atoms with Gasteiger partial charge in [0.2, 0.25) is 5.76 Å². The minimum atomic E-state index is -0.303. The second-order valence-electron chi connectivity index (χ2n) is 7.18. The van der Waals surface area contributed by atoms with Crippen molar-refractivity contribution in [2.45, 2.75) is 6.42 Å². The molecule has 30 heavy (non-hydrogen) atoms. The number of furan rings is 1. The summed E-state index contributed by atoms with van der Waals surface area (Å²) in [4.78, 5) is 37.6. The number of aromatic nitrogens is 3. The second kappa shape index (κ2) is 8.34. The minimum Gasteiger partial charge on any atom is -0.447 e. The maximum atomic E-state index is 12.8. The van der Waals surface area contributed by atoms with Crippen molar-refractivity contribution >= 4 is 39.2 Å². The van der Waals surface area contributed by atoms with Gasteiger partial charge in [-0.2, -0.15) is 0 Å². The number of rotatable bonds is 7. The lowest BCUT2D eigenvalue weighted by Gasteiger charge is -2.10. The molecule has 0 radical (unpaired) electrons. The standard InChI is InChI=1S/C21H22N6O3/c1-27(2)9-3-7-23-21(29)19-18(15-6-8-22-11-17(15)30-19)26-13-4-5-14-16(10-13)24-12-25-20(14)28/h4-6,8,10-12,26H,3,7,9H2,1-2H3,(H,23,29)(H,24,25,28). The van der Waals surface area contributed by atoms with Gasteiger partial charge >= 0.3 is 0 Å². The maximum Gasteiger partial charge on any atom is 0.289 e. The van der Waals surface area contributed by atoms with Crippen LogP contribution in [0.3, 0.4) is 0 Å². The van der Waals surface area contributed by atoms with E-state index in [1.807, 2.05) is 14.1 Å². The molecule has 0 unspecified atom stereocenters. The molecule has 0 saturated heterocycles. The number of hydrogen-bond donors (Lipinski definition) is 3. The number of nitrogens with one attached hydrogen (secondary N) is 3. The van der Waals surface area contributed by atoms with E-state index in [-0.39, 0.29) is 17.2 Å². The lowest BCUT2D eigenvalue weighted by Crippen LogP contribution is -2.27. The van der Waals surface area contributed by atoms with E-state index in [9.17, 15) is 9.59 Å². The van der Waals surface area contributed by atoms with Crippen LogP contribution in [0, 0.1) is 0 Å². The van der Waals surface area contributed by atoms with Crippen LogP contribution in [0.25, 0.3) is 21.9 Å². The van der Waals surface area contributed by atoms with Crippen LogP contribution in [0.1, 0.15) is 17.0 Å². The fraction of sp³-hybridized carbons (Fsp3) is 0.238. The highest BCUT2D eigenvalue weighted by atomic mass is 16.3. The summed E-state index contributed by atoms with van der Waals surface area (Å²) in [6.45, 7) is 1.41. The van der Waals surface area contributed by atoms with Gasteiger partial charge in [0.15, 0.2) is 5.58 Å². The Morgan fingerprint density at radius 2 is 2.10 bits per heavy atom. The third-order valence-corrected chi connectivity index (χ3v) is 4.68. The number of benzene rings is 1. The smallest absolute Gasteiger partial charge is 0.289 e. The zero-order chi connectivity index (χ0) is 21.1. The first-order valence-corrected chi connectivity index (χ1v) is 9.57. The molecule has 0 aliphatic rings. The average Bonchev–Trinajstić information content (AvgIpc) is 3.10. The van der Waals surface area contributed by atoms with Gasteiger partial charge in [0.1, 0.15) is 0 Å². The highest BCUT2D eigenvalue weighted by Crippen LogP contribution is 2.33. The molecule has 3 N–H and O–H groups in total. The predicted molar refractivity (Wildman–Crippen MR) is 115 cm³/mol.